The van der Waals surface area contributed by atoms with Crippen LogP contribution in [0.4, 0.5) is 0 Å². The molecule has 1 unspecified atom stereocenters. The largest absolute Gasteiger partial charge is 0.385 e. The molecule has 4 nitrogen and oxygen atoms in total. The van der Waals surface area contributed by atoms with Crippen LogP contribution in [0, 0.1) is 0 Å². The number of amides is 1. The molecule has 1 aliphatic heterocycles. The number of nitrogens with one attached hydrogen (secondary N) is 2. The maximum absolute atomic E-state index is 11.6. The fourth-order valence-electron chi connectivity index (χ4n) is 1.78. The van der Waals surface area contributed by atoms with Gasteiger partial charge < -0.3 is 15.4 Å². The summed E-state index contributed by atoms with van der Waals surface area (Å²) in [7, 11) is 1.70. The van der Waals surface area contributed by atoms with Gasteiger partial charge in [-0.05, 0) is 32.2 Å². The fourth-order valence-corrected chi connectivity index (χ4v) is 1.78. The molecule has 0 aliphatic carbocycles. The van der Waals surface area contributed by atoms with Crippen molar-refractivity contribution in [2.24, 2.45) is 0 Å². The van der Waals surface area contributed by atoms with Crippen LogP contribution in [0.3, 0.4) is 0 Å². The Balaban J connectivity index is 2.02. The summed E-state index contributed by atoms with van der Waals surface area (Å²) in [5.74, 6) is 0.159. The van der Waals surface area contributed by atoms with E-state index in [0.29, 0.717) is 0 Å². The van der Waals surface area contributed by atoms with Gasteiger partial charge in [0, 0.05) is 20.3 Å². The van der Waals surface area contributed by atoms with Crippen molar-refractivity contribution in [3.63, 3.8) is 0 Å². The van der Waals surface area contributed by atoms with E-state index in [9.17, 15) is 4.79 Å². The van der Waals surface area contributed by atoms with E-state index < -0.39 is 0 Å². The summed E-state index contributed by atoms with van der Waals surface area (Å²) in [4.78, 5) is 11.6. The molecule has 15 heavy (non-hydrogen) atoms. The Morgan fingerprint density at radius 3 is 3.00 bits per heavy atom. The average Bonchev–Trinajstić information content (AvgIpc) is 2.30. The predicted octanol–water partition coefficient (Wildman–Crippen LogP) is 0.671. The Kier molecular flexibility index (Phi) is 6.36. The Labute approximate surface area is 91.8 Å². The van der Waals surface area contributed by atoms with E-state index in [1.165, 1.54) is 6.42 Å². The van der Waals surface area contributed by atoms with E-state index in [2.05, 4.69) is 10.6 Å². The molecule has 0 spiro atoms. The van der Waals surface area contributed by atoms with Gasteiger partial charge in [0.15, 0.2) is 0 Å². The van der Waals surface area contributed by atoms with Crippen LogP contribution in [-0.4, -0.2) is 38.8 Å². The number of carbonyl (C=O) groups is 1. The third kappa shape index (κ3) is 5.14. The number of hydrogen-bond acceptors (Lipinski definition) is 3. The van der Waals surface area contributed by atoms with E-state index in [-0.39, 0.29) is 11.9 Å². The molecule has 1 fully saturated rings. The average molecular weight is 214 g/mol. The molecular weight excluding hydrogens is 192 g/mol. The number of hydrogen-bond donors (Lipinski definition) is 2. The quantitative estimate of drug-likeness (QED) is 0.639. The molecule has 88 valence electrons. The lowest BCUT2D eigenvalue weighted by molar-refractivity contribution is -0.123. The highest BCUT2D eigenvalue weighted by atomic mass is 16.5. The Morgan fingerprint density at radius 2 is 2.33 bits per heavy atom. The normalized spacial score (nSPS) is 21.3. The van der Waals surface area contributed by atoms with Crippen LogP contribution < -0.4 is 10.6 Å². The monoisotopic (exact) mass is 214 g/mol. The summed E-state index contributed by atoms with van der Waals surface area (Å²) in [5, 5.41) is 6.19. The Hall–Kier alpha value is -0.610. The summed E-state index contributed by atoms with van der Waals surface area (Å²) in [6.07, 6.45) is 5.33. The standard InChI is InChI=1S/C11H22N2O2/c1-15-9-5-4-8-13-11(14)10-6-2-3-7-12-10/h10,12H,2-9H2,1H3,(H,13,14). The van der Waals surface area contributed by atoms with Crippen LogP contribution in [0.2, 0.25) is 0 Å². The SMILES string of the molecule is COCCCCNC(=O)C1CCCCN1. The minimum Gasteiger partial charge on any atom is -0.385 e. The minimum absolute atomic E-state index is 0.0428. The van der Waals surface area contributed by atoms with Crippen molar-refractivity contribution in [1.29, 1.82) is 0 Å². The van der Waals surface area contributed by atoms with Gasteiger partial charge in [0.1, 0.15) is 0 Å². The zero-order valence-corrected chi connectivity index (χ0v) is 9.55. The lowest BCUT2D eigenvalue weighted by Gasteiger charge is -2.22. The highest BCUT2D eigenvalue weighted by Crippen LogP contribution is 2.06. The van der Waals surface area contributed by atoms with Crippen LogP contribution in [0.1, 0.15) is 32.1 Å². The zero-order valence-electron chi connectivity index (χ0n) is 9.55. The van der Waals surface area contributed by atoms with Crippen LogP contribution in [0.15, 0.2) is 0 Å². The van der Waals surface area contributed by atoms with Crippen molar-refractivity contribution in [2.75, 3.05) is 26.8 Å². The molecule has 0 saturated carbocycles. The number of carbonyl (C=O) groups excluding carboxylic acids is 1. The number of piperidine rings is 1. The fraction of sp³-hybridized carbons (Fsp3) is 0.909. The van der Waals surface area contributed by atoms with Crippen molar-refractivity contribution >= 4 is 5.91 Å². The predicted molar refractivity (Wildman–Crippen MR) is 59.8 cm³/mol. The van der Waals surface area contributed by atoms with Gasteiger partial charge in [0.2, 0.25) is 5.91 Å². The summed E-state index contributed by atoms with van der Waals surface area (Å²) in [5.41, 5.74) is 0. The van der Waals surface area contributed by atoms with Crippen molar-refractivity contribution < 1.29 is 9.53 Å². The molecule has 1 heterocycles. The highest BCUT2D eigenvalue weighted by molar-refractivity contribution is 5.81. The van der Waals surface area contributed by atoms with E-state index >= 15 is 0 Å². The third-order valence-electron chi connectivity index (χ3n) is 2.70. The molecule has 0 aromatic rings. The van der Waals surface area contributed by atoms with Gasteiger partial charge >= 0.3 is 0 Å². The van der Waals surface area contributed by atoms with Gasteiger partial charge in [0.25, 0.3) is 0 Å². The first kappa shape index (κ1) is 12.5. The minimum atomic E-state index is 0.0428. The summed E-state index contributed by atoms with van der Waals surface area (Å²) < 4.78 is 4.94. The second-order valence-electron chi connectivity index (χ2n) is 3.99. The topological polar surface area (TPSA) is 50.4 Å². The molecular formula is C11H22N2O2. The number of methoxy groups -OCH3 is 1. The number of rotatable bonds is 6. The van der Waals surface area contributed by atoms with Gasteiger partial charge in [-0.25, -0.2) is 0 Å². The van der Waals surface area contributed by atoms with E-state index in [0.717, 1.165) is 45.4 Å². The Morgan fingerprint density at radius 1 is 1.47 bits per heavy atom. The molecule has 0 aromatic carbocycles. The molecule has 4 heteroatoms. The van der Waals surface area contributed by atoms with Crippen molar-refractivity contribution in [3.8, 4) is 0 Å². The molecule has 0 radical (unpaired) electrons. The van der Waals surface area contributed by atoms with Crippen LogP contribution in [0.25, 0.3) is 0 Å². The number of ether oxygens (including phenoxy) is 1. The van der Waals surface area contributed by atoms with E-state index in [1.54, 1.807) is 7.11 Å². The zero-order chi connectivity index (χ0) is 10.9. The third-order valence-corrected chi connectivity index (χ3v) is 2.70. The first-order valence-corrected chi connectivity index (χ1v) is 5.84. The van der Waals surface area contributed by atoms with Gasteiger partial charge in [-0.3, -0.25) is 4.79 Å². The van der Waals surface area contributed by atoms with Crippen molar-refractivity contribution in [3.05, 3.63) is 0 Å². The maximum atomic E-state index is 11.6. The lowest BCUT2D eigenvalue weighted by Crippen LogP contribution is -2.46. The van der Waals surface area contributed by atoms with Crippen molar-refractivity contribution in [1.82, 2.24) is 10.6 Å². The molecule has 0 aromatic heterocycles. The summed E-state index contributed by atoms with van der Waals surface area (Å²) in [6, 6.07) is 0.0428. The first-order valence-electron chi connectivity index (χ1n) is 5.84. The van der Waals surface area contributed by atoms with Crippen LogP contribution >= 0.6 is 0 Å². The maximum Gasteiger partial charge on any atom is 0.237 e. The molecule has 1 amide bonds. The smallest absolute Gasteiger partial charge is 0.237 e. The van der Waals surface area contributed by atoms with Gasteiger partial charge in [-0.2, -0.15) is 0 Å². The molecule has 1 saturated heterocycles. The van der Waals surface area contributed by atoms with Crippen LogP contribution in [0.5, 0.6) is 0 Å². The van der Waals surface area contributed by atoms with Gasteiger partial charge in [-0.1, -0.05) is 6.42 Å². The lowest BCUT2D eigenvalue weighted by atomic mass is 10.0. The second-order valence-corrected chi connectivity index (χ2v) is 3.99. The molecule has 1 aliphatic rings. The molecule has 1 atom stereocenters. The van der Waals surface area contributed by atoms with Gasteiger partial charge in [-0.15, -0.1) is 0 Å². The molecule has 1 rings (SSSR count). The Bertz CT molecular complexity index is 179. The molecule has 2 N–H and O–H groups in total. The van der Waals surface area contributed by atoms with E-state index in [1.807, 2.05) is 0 Å². The summed E-state index contributed by atoms with van der Waals surface area (Å²) >= 11 is 0. The second kappa shape index (κ2) is 7.65. The van der Waals surface area contributed by atoms with Crippen molar-refractivity contribution in [2.45, 2.75) is 38.1 Å². The van der Waals surface area contributed by atoms with E-state index in [4.69, 9.17) is 4.74 Å². The summed E-state index contributed by atoms with van der Waals surface area (Å²) in [6.45, 7) is 2.51. The van der Waals surface area contributed by atoms with Gasteiger partial charge in [0.05, 0.1) is 6.04 Å². The molecule has 0 bridgehead atoms. The first-order chi connectivity index (χ1) is 7.34. The van der Waals surface area contributed by atoms with Crippen LogP contribution in [-0.2, 0) is 9.53 Å². The number of unbranched alkanes of at least 4 members (excludes halogenated alkanes) is 1. The highest BCUT2D eigenvalue weighted by Gasteiger charge is 2.19.